The van der Waals surface area contributed by atoms with Crippen molar-refractivity contribution in [1.82, 2.24) is 0 Å². The molecule has 3 rings (SSSR count). The van der Waals surface area contributed by atoms with Crippen molar-refractivity contribution in [3.05, 3.63) is 12.2 Å². The Morgan fingerprint density at radius 2 is 1.88 bits per heavy atom. The Bertz CT molecular complexity index is 280. The minimum atomic E-state index is 0.00614. The number of hydrogen-bond acceptors (Lipinski definition) is 2. The van der Waals surface area contributed by atoms with Gasteiger partial charge in [-0.2, -0.15) is 0 Å². The molecule has 1 saturated carbocycles. The summed E-state index contributed by atoms with van der Waals surface area (Å²) >= 11 is 0. The van der Waals surface area contributed by atoms with Crippen molar-refractivity contribution in [3.63, 3.8) is 0 Å². The second kappa shape index (κ2) is 4.15. The van der Waals surface area contributed by atoms with Gasteiger partial charge < -0.3 is 9.47 Å². The molecule has 16 heavy (non-hydrogen) atoms. The molecule has 0 aromatic rings. The van der Waals surface area contributed by atoms with Crippen LogP contribution in [0.2, 0.25) is 0 Å². The number of allylic oxidation sites excluding steroid dienone is 1. The zero-order valence-electron chi connectivity index (χ0n) is 10.2. The monoisotopic (exact) mass is 222 g/mol. The molecule has 1 saturated heterocycles. The Hall–Kier alpha value is -0.340. The molecule has 0 unspecified atom stereocenters. The van der Waals surface area contributed by atoms with Crippen molar-refractivity contribution in [2.24, 2.45) is 17.3 Å². The van der Waals surface area contributed by atoms with Crippen LogP contribution in [0.4, 0.5) is 0 Å². The Labute approximate surface area is 98.0 Å². The summed E-state index contributed by atoms with van der Waals surface area (Å²) in [6, 6.07) is 0. The van der Waals surface area contributed by atoms with E-state index >= 15 is 0 Å². The van der Waals surface area contributed by atoms with Crippen molar-refractivity contribution in [1.29, 1.82) is 0 Å². The molecule has 3 atom stereocenters. The lowest BCUT2D eigenvalue weighted by molar-refractivity contribution is -0.120. The molecule has 90 valence electrons. The lowest BCUT2D eigenvalue weighted by atomic mass is 9.65. The lowest BCUT2D eigenvalue weighted by Crippen LogP contribution is -2.38. The summed E-state index contributed by atoms with van der Waals surface area (Å²) in [5.74, 6) is 1.71. The fourth-order valence-electron chi connectivity index (χ4n) is 3.63. The molecule has 0 radical (unpaired) electrons. The van der Waals surface area contributed by atoms with Crippen LogP contribution in [0.25, 0.3) is 0 Å². The summed E-state index contributed by atoms with van der Waals surface area (Å²) in [6.07, 6.45) is 11.7. The van der Waals surface area contributed by atoms with Gasteiger partial charge in [0.2, 0.25) is 0 Å². The average Bonchev–Trinajstić information content (AvgIpc) is 2.83. The van der Waals surface area contributed by atoms with Crippen LogP contribution in [-0.4, -0.2) is 19.5 Å². The lowest BCUT2D eigenvalue weighted by Gasteiger charge is -2.42. The van der Waals surface area contributed by atoms with E-state index in [0.717, 1.165) is 25.0 Å². The first-order chi connectivity index (χ1) is 7.78. The molecule has 2 nitrogen and oxygen atoms in total. The third kappa shape index (κ3) is 1.82. The topological polar surface area (TPSA) is 18.5 Å². The maximum Gasteiger partial charge on any atom is 0.166 e. The van der Waals surface area contributed by atoms with Crippen LogP contribution in [0, 0.1) is 17.3 Å². The SMILES string of the molecule is C[C@@]1(C2OCCO2)C=C[C@H]2CCCC[C@@H]2C1. The molecule has 0 aromatic heterocycles. The fraction of sp³-hybridized carbons (Fsp3) is 0.857. The average molecular weight is 222 g/mol. The van der Waals surface area contributed by atoms with Gasteiger partial charge in [0.05, 0.1) is 13.2 Å². The summed E-state index contributed by atoms with van der Waals surface area (Å²) in [5.41, 5.74) is 0.120. The van der Waals surface area contributed by atoms with E-state index in [-0.39, 0.29) is 11.7 Å². The summed E-state index contributed by atoms with van der Waals surface area (Å²) in [5, 5.41) is 0. The number of hydrogen-bond donors (Lipinski definition) is 0. The quantitative estimate of drug-likeness (QED) is 0.635. The molecule has 0 bridgehead atoms. The van der Waals surface area contributed by atoms with Gasteiger partial charge in [-0.3, -0.25) is 0 Å². The van der Waals surface area contributed by atoms with E-state index < -0.39 is 0 Å². The molecule has 0 N–H and O–H groups in total. The van der Waals surface area contributed by atoms with E-state index in [1.807, 2.05) is 0 Å². The molecule has 1 heterocycles. The van der Waals surface area contributed by atoms with Gasteiger partial charge in [0.1, 0.15) is 0 Å². The summed E-state index contributed by atoms with van der Waals surface area (Å²) < 4.78 is 11.4. The minimum absolute atomic E-state index is 0.00614. The fourth-order valence-corrected chi connectivity index (χ4v) is 3.63. The van der Waals surface area contributed by atoms with E-state index in [1.165, 1.54) is 32.1 Å². The van der Waals surface area contributed by atoms with Crippen LogP contribution in [0.15, 0.2) is 12.2 Å². The van der Waals surface area contributed by atoms with Gasteiger partial charge in [-0.25, -0.2) is 0 Å². The van der Waals surface area contributed by atoms with E-state index in [4.69, 9.17) is 9.47 Å². The summed E-state index contributed by atoms with van der Waals surface area (Å²) in [6.45, 7) is 3.83. The van der Waals surface area contributed by atoms with Crippen molar-refractivity contribution in [2.45, 2.75) is 45.3 Å². The van der Waals surface area contributed by atoms with Crippen molar-refractivity contribution < 1.29 is 9.47 Å². The predicted molar refractivity (Wildman–Crippen MR) is 63.0 cm³/mol. The Kier molecular flexibility index (Phi) is 2.80. The molecule has 2 heteroatoms. The van der Waals surface area contributed by atoms with E-state index in [9.17, 15) is 0 Å². The predicted octanol–water partition coefficient (Wildman–Crippen LogP) is 3.13. The maximum absolute atomic E-state index is 5.70. The zero-order valence-corrected chi connectivity index (χ0v) is 10.2. The summed E-state index contributed by atoms with van der Waals surface area (Å²) in [4.78, 5) is 0. The van der Waals surface area contributed by atoms with Crippen molar-refractivity contribution in [3.8, 4) is 0 Å². The molecule has 0 amide bonds. The second-order valence-corrected chi connectivity index (χ2v) is 5.85. The highest BCUT2D eigenvalue weighted by Crippen LogP contribution is 2.46. The van der Waals surface area contributed by atoms with Crippen LogP contribution < -0.4 is 0 Å². The smallest absolute Gasteiger partial charge is 0.166 e. The van der Waals surface area contributed by atoms with Gasteiger partial charge in [-0.1, -0.05) is 31.9 Å². The van der Waals surface area contributed by atoms with Gasteiger partial charge in [0.25, 0.3) is 0 Å². The third-order valence-corrected chi connectivity index (χ3v) is 4.55. The van der Waals surface area contributed by atoms with Gasteiger partial charge in [-0.05, 0) is 31.1 Å². The van der Waals surface area contributed by atoms with Gasteiger partial charge in [0, 0.05) is 5.41 Å². The second-order valence-electron chi connectivity index (χ2n) is 5.85. The van der Waals surface area contributed by atoms with Crippen LogP contribution in [0.1, 0.15) is 39.0 Å². The highest BCUT2D eigenvalue weighted by Gasteiger charge is 2.42. The van der Waals surface area contributed by atoms with Crippen LogP contribution in [-0.2, 0) is 9.47 Å². The standard InChI is InChI=1S/C14H22O2/c1-14(13-15-8-9-16-13)7-6-11-4-2-3-5-12(11)10-14/h6-7,11-13H,2-5,8-10H2,1H3/t11-,12-,14-/m1/s1. The van der Waals surface area contributed by atoms with Crippen LogP contribution in [0.3, 0.4) is 0 Å². The van der Waals surface area contributed by atoms with E-state index in [2.05, 4.69) is 19.1 Å². The van der Waals surface area contributed by atoms with Crippen LogP contribution >= 0.6 is 0 Å². The molecule has 0 aromatic carbocycles. The Morgan fingerprint density at radius 3 is 2.69 bits per heavy atom. The van der Waals surface area contributed by atoms with Gasteiger partial charge in [-0.15, -0.1) is 0 Å². The molecular formula is C14H22O2. The first-order valence-corrected chi connectivity index (χ1v) is 6.70. The molecule has 0 spiro atoms. The highest BCUT2D eigenvalue weighted by atomic mass is 16.7. The first-order valence-electron chi connectivity index (χ1n) is 6.70. The summed E-state index contributed by atoms with van der Waals surface area (Å²) in [7, 11) is 0. The van der Waals surface area contributed by atoms with Gasteiger partial charge >= 0.3 is 0 Å². The number of rotatable bonds is 1. The number of fused-ring (bicyclic) bond motifs is 1. The molecular weight excluding hydrogens is 200 g/mol. The molecule has 2 fully saturated rings. The highest BCUT2D eigenvalue weighted by molar-refractivity contribution is 5.10. The largest absolute Gasteiger partial charge is 0.349 e. The van der Waals surface area contributed by atoms with Gasteiger partial charge in [0.15, 0.2) is 6.29 Å². The first kappa shape index (κ1) is 10.8. The third-order valence-electron chi connectivity index (χ3n) is 4.55. The van der Waals surface area contributed by atoms with E-state index in [1.54, 1.807) is 0 Å². The normalized spacial score (nSPS) is 44.6. The molecule has 1 aliphatic heterocycles. The van der Waals surface area contributed by atoms with E-state index in [0.29, 0.717) is 0 Å². The molecule has 2 aliphatic carbocycles. The number of ether oxygens (including phenoxy) is 2. The van der Waals surface area contributed by atoms with Crippen LogP contribution in [0.5, 0.6) is 0 Å². The Balaban J connectivity index is 1.76. The van der Waals surface area contributed by atoms with Crippen molar-refractivity contribution >= 4 is 0 Å². The molecule has 3 aliphatic rings. The minimum Gasteiger partial charge on any atom is -0.349 e. The van der Waals surface area contributed by atoms with Crippen molar-refractivity contribution in [2.75, 3.05) is 13.2 Å². The zero-order chi connectivity index (χ0) is 11.0. The Morgan fingerprint density at radius 1 is 1.12 bits per heavy atom. The maximum atomic E-state index is 5.70.